The van der Waals surface area contributed by atoms with Gasteiger partial charge in [0.1, 0.15) is 10.2 Å². The van der Waals surface area contributed by atoms with Crippen LogP contribution in [0.25, 0.3) is 0 Å². The summed E-state index contributed by atoms with van der Waals surface area (Å²) >= 11 is 3.28. The van der Waals surface area contributed by atoms with Crippen molar-refractivity contribution >= 4 is 22.0 Å². The Labute approximate surface area is 116 Å². The van der Waals surface area contributed by atoms with Gasteiger partial charge in [-0.05, 0) is 55.3 Å². The highest BCUT2D eigenvalue weighted by molar-refractivity contribution is 9.10. The number of carbonyl (C=O) groups is 1. The van der Waals surface area contributed by atoms with Gasteiger partial charge in [-0.15, -0.1) is 0 Å². The Bertz CT molecular complexity index is 398. The maximum Gasteiger partial charge on any atom is 0.410 e. The Balaban J connectivity index is 2.67. The zero-order chi connectivity index (χ0) is 13.8. The third-order valence-electron chi connectivity index (χ3n) is 2.20. The zero-order valence-corrected chi connectivity index (χ0v) is 12.8. The molecule has 1 heterocycles. The van der Waals surface area contributed by atoms with Gasteiger partial charge in [0, 0.05) is 12.7 Å². The topological polar surface area (TPSA) is 42.4 Å². The molecule has 0 aliphatic rings. The summed E-state index contributed by atoms with van der Waals surface area (Å²) in [7, 11) is 0. The Hall–Kier alpha value is -1.10. The lowest BCUT2D eigenvalue weighted by atomic mass is 10.2. The highest BCUT2D eigenvalue weighted by Gasteiger charge is 2.21. The van der Waals surface area contributed by atoms with Gasteiger partial charge in [0.25, 0.3) is 0 Å². The number of aromatic nitrogens is 1. The summed E-state index contributed by atoms with van der Waals surface area (Å²) in [5, 5.41) is 0. The number of amides is 1. The third-order valence-corrected chi connectivity index (χ3v) is 2.66. The molecule has 0 N–H and O–H groups in total. The molecule has 0 atom stereocenters. The first-order valence-electron chi connectivity index (χ1n) is 5.90. The summed E-state index contributed by atoms with van der Waals surface area (Å²) < 4.78 is 6.13. The minimum atomic E-state index is -0.470. The number of halogens is 1. The van der Waals surface area contributed by atoms with Gasteiger partial charge in [0.15, 0.2) is 0 Å². The fourth-order valence-electron chi connectivity index (χ4n) is 1.35. The second-order valence-electron chi connectivity index (χ2n) is 4.98. The monoisotopic (exact) mass is 314 g/mol. The van der Waals surface area contributed by atoms with Crippen molar-refractivity contribution in [2.24, 2.45) is 0 Å². The Morgan fingerprint density at radius 1 is 1.44 bits per heavy atom. The number of carbonyl (C=O) groups excluding carboxylic acids is 1. The molecule has 5 heteroatoms. The van der Waals surface area contributed by atoms with Crippen molar-refractivity contribution in [1.82, 2.24) is 9.88 Å². The lowest BCUT2D eigenvalue weighted by Crippen LogP contribution is -2.36. The van der Waals surface area contributed by atoms with Gasteiger partial charge in [-0.25, -0.2) is 9.78 Å². The summed E-state index contributed by atoms with van der Waals surface area (Å²) in [5.74, 6) is 0. The molecular weight excluding hydrogens is 296 g/mol. The standard InChI is InChI=1S/C13H19BrN2O2/c1-5-16(12(17)18-13(2,3)4)9-10-6-7-11(14)15-8-10/h6-8H,5,9H2,1-4H3. The molecule has 0 saturated heterocycles. The molecule has 1 aromatic heterocycles. The molecule has 0 spiro atoms. The average Bonchev–Trinajstić information content (AvgIpc) is 2.25. The molecule has 1 rings (SSSR count). The van der Waals surface area contributed by atoms with E-state index in [9.17, 15) is 4.79 Å². The summed E-state index contributed by atoms with van der Waals surface area (Å²) in [4.78, 5) is 17.7. The maximum absolute atomic E-state index is 11.9. The van der Waals surface area contributed by atoms with Gasteiger partial charge in [-0.1, -0.05) is 6.07 Å². The first-order chi connectivity index (χ1) is 8.31. The van der Waals surface area contributed by atoms with E-state index in [0.29, 0.717) is 13.1 Å². The van der Waals surface area contributed by atoms with Crippen molar-refractivity contribution in [2.45, 2.75) is 39.8 Å². The van der Waals surface area contributed by atoms with E-state index in [1.54, 1.807) is 11.1 Å². The van der Waals surface area contributed by atoms with Crippen LogP contribution in [0.15, 0.2) is 22.9 Å². The average molecular weight is 315 g/mol. The lowest BCUT2D eigenvalue weighted by Gasteiger charge is -2.26. The molecule has 0 saturated carbocycles. The molecule has 18 heavy (non-hydrogen) atoms. The van der Waals surface area contributed by atoms with Crippen LogP contribution in [0, 0.1) is 0 Å². The smallest absolute Gasteiger partial charge is 0.410 e. The summed E-state index contributed by atoms with van der Waals surface area (Å²) in [6.07, 6.45) is 1.45. The van der Waals surface area contributed by atoms with Crippen LogP contribution in [0.1, 0.15) is 33.3 Å². The van der Waals surface area contributed by atoms with Crippen molar-refractivity contribution in [3.05, 3.63) is 28.5 Å². The molecule has 0 bridgehead atoms. The zero-order valence-electron chi connectivity index (χ0n) is 11.2. The molecule has 0 radical (unpaired) electrons. The summed E-state index contributed by atoms with van der Waals surface area (Å²) in [6, 6.07) is 3.79. The van der Waals surface area contributed by atoms with Crippen LogP contribution in [0.3, 0.4) is 0 Å². The molecule has 0 unspecified atom stereocenters. The van der Waals surface area contributed by atoms with E-state index in [1.807, 2.05) is 39.8 Å². The number of rotatable bonds is 3. The van der Waals surface area contributed by atoms with E-state index >= 15 is 0 Å². The highest BCUT2D eigenvalue weighted by Crippen LogP contribution is 2.13. The Morgan fingerprint density at radius 2 is 2.11 bits per heavy atom. The minimum Gasteiger partial charge on any atom is -0.444 e. The van der Waals surface area contributed by atoms with Crippen LogP contribution in [-0.2, 0) is 11.3 Å². The van der Waals surface area contributed by atoms with Crippen molar-refractivity contribution in [3.8, 4) is 0 Å². The van der Waals surface area contributed by atoms with Crippen LogP contribution in [-0.4, -0.2) is 28.1 Å². The summed E-state index contributed by atoms with van der Waals surface area (Å²) in [6.45, 7) is 8.62. The van der Waals surface area contributed by atoms with E-state index in [4.69, 9.17) is 4.74 Å². The maximum atomic E-state index is 11.9. The van der Waals surface area contributed by atoms with Gasteiger partial charge in [0.05, 0.1) is 6.54 Å². The van der Waals surface area contributed by atoms with E-state index in [0.717, 1.165) is 10.2 Å². The number of ether oxygens (including phenoxy) is 1. The van der Waals surface area contributed by atoms with Crippen LogP contribution < -0.4 is 0 Å². The molecule has 4 nitrogen and oxygen atoms in total. The van der Waals surface area contributed by atoms with Gasteiger partial charge in [0.2, 0.25) is 0 Å². The van der Waals surface area contributed by atoms with Gasteiger partial charge in [-0.3, -0.25) is 0 Å². The fourth-order valence-corrected chi connectivity index (χ4v) is 1.59. The highest BCUT2D eigenvalue weighted by atomic mass is 79.9. The van der Waals surface area contributed by atoms with Crippen molar-refractivity contribution < 1.29 is 9.53 Å². The lowest BCUT2D eigenvalue weighted by molar-refractivity contribution is 0.0244. The van der Waals surface area contributed by atoms with E-state index in [1.165, 1.54) is 0 Å². The molecular formula is C13H19BrN2O2. The van der Waals surface area contributed by atoms with Gasteiger partial charge >= 0.3 is 6.09 Å². The van der Waals surface area contributed by atoms with Gasteiger partial charge in [-0.2, -0.15) is 0 Å². The van der Waals surface area contributed by atoms with Crippen molar-refractivity contribution in [3.63, 3.8) is 0 Å². The second kappa shape index (κ2) is 6.18. The Morgan fingerprint density at radius 3 is 2.56 bits per heavy atom. The first kappa shape index (κ1) is 15.0. The van der Waals surface area contributed by atoms with Crippen LogP contribution >= 0.6 is 15.9 Å². The SMILES string of the molecule is CCN(Cc1ccc(Br)nc1)C(=O)OC(C)(C)C. The first-order valence-corrected chi connectivity index (χ1v) is 6.69. The number of nitrogens with zero attached hydrogens (tertiary/aromatic N) is 2. The van der Waals surface area contributed by atoms with Crippen LogP contribution in [0.4, 0.5) is 4.79 Å². The third kappa shape index (κ3) is 5.04. The molecule has 0 aromatic carbocycles. The van der Waals surface area contributed by atoms with E-state index in [-0.39, 0.29) is 6.09 Å². The van der Waals surface area contributed by atoms with Crippen molar-refractivity contribution in [1.29, 1.82) is 0 Å². The van der Waals surface area contributed by atoms with Crippen LogP contribution in [0.5, 0.6) is 0 Å². The van der Waals surface area contributed by atoms with Gasteiger partial charge < -0.3 is 9.64 Å². The predicted octanol–water partition coefficient (Wildman–Crippen LogP) is 3.60. The molecule has 100 valence electrons. The number of pyridine rings is 1. The molecule has 0 fully saturated rings. The minimum absolute atomic E-state index is 0.298. The second-order valence-corrected chi connectivity index (χ2v) is 5.80. The number of hydrogen-bond acceptors (Lipinski definition) is 3. The van der Waals surface area contributed by atoms with Crippen molar-refractivity contribution in [2.75, 3.05) is 6.54 Å². The fraction of sp³-hybridized carbons (Fsp3) is 0.538. The predicted molar refractivity (Wildman–Crippen MR) is 74.3 cm³/mol. The quantitative estimate of drug-likeness (QED) is 0.800. The summed E-state index contributed by atoms with van der Waals surface area (Å²) in [5.41, 5.74) is 0.508. The molecule has 1 aromatic rings. The largest absolute Gasteiger partial charge is 0.444 e. The van der Waals surface area contributed by atoms with E-state index < -0.39 is 5.60 Å². The number of hydrogen-bond donors (Lipinski definition) is 0. The molecule has 1 amide bonds. The Kier molecular flexibility index (Phi) is 5.14. The van der Waals surface area contributed by atoms with E-state index in [2.05, 4.69) is 20.9 Å². The van der Waals surface area contributed by atoms with Crippen LogP contribution in [0.2, 0.25) is 0 Å². The molecule has 0 aliphatic heterocycles. The normalized spacial score (nSPS) is 11.2. The molecule has 0 aliphatic carbocycles.